The lowest BCUT2D eigenvalue weighted by Crippen LogP contribution is -2.12. The minimum Gasteiger partial charge on any atom is -0.398 e. The summed E-state index contributed by atoms with van der Waals surface area (Å²) in [6.45, 7) is 4.36. The summed E-state index contributed by atoms with van der Waals surface area (Å²) in [5.74, 6) is 1.66. The summed E-state index contributed by atoms with van der Waals surface area (Å²) >= 11 is 0. The number of tetrazole rings is 1. The zero-order valence-electron chi connectivity index (χ0n) is 12.8. The van der Waals surface area contributed by atoms with Crippen LogP contribution in [0.2, 0.25) is 0 Å². The fourth-order valence-corrected chi connectivity index (χ4v) is 3.22. The van der Waals surface area contributed by atoms with E-state index in [1.807, 2.05) is 29.8 Å². The van der Waals surface area contributed by atoms with E-state index in [0.29, 0.717) is 6.04 Å². The average molecular weight is 285 g/mol. The molecule has 1 heterocycles. The Balaban J connectivity index is 1.95. The van der Waals surface area contributed by atoms with E-state index in [9.17, 15) is 0 Å². The Hall–Kier alpha value is -1.91. The maximum Gasteiger partial charge on any atom is 0.182 e. The van der Waals surface area contributed by atoms with Gasteiger partial charge in [0.25, 0.3) is 0 Å². The summed E-state index contributed by atoms with van der Waals surface area (Å²) in [7, 11) is 0. The van der Waals surface area contributed by atoms with E-state index in [1.54, 1.807) is 0 Å². The van der Waals surface area contributed by atoms with Crippen LogP contribution < -0.4 is 5.73 Å². The van der Waals surface area contributed by atoms with E-state index in [0.717, 1.165) is 41.4 Å². The lowest BCUT2D eigenvalue weighted by atomic mass is 10.0. The molecular weight excluding hydrogens is 262 g/mol. The van der Waals surface area contributed by atoms with Gasteiger partial charge in [0.05, 0.1) is 6.04 Å². The van der Waals surface area contributed by atoms with Crippen molar-refractivity contribution in [3.8, 4) is 11.4 Å². The Labute approximate surface area is 125 Å². The first-order valence-electron chi connectivity index (χ1n) is 7.80. The molecule has 5 heteroatoms. The van der Waals surface area contributed by atoms with Crippen molar-refractivity contribution in [3.63, 3.8) is 0 Å². The van der Waals surface area contributed by atoms with Gasteiger partial charge in [-0.2, -0.15) is 0 Å². The highest BCUT2D eigenvalue weighted by atomic mass is 15.5. The molecule has 2 N–H and O–H groups in total. The van der Waals surface area contributed by atoms with Crippen LogP contribution in [-0.2, 0) is 0 Å². The quantitative estimate of drug-likeness (QED) is 0.678. The molecule has 1 aliphatic carbocycles. The fourth-order valence-electron chi connectivity index (χ4n) is 3.22. The lowest BCUT2D eigenvalue weighted by Gasteiger charge is -2.17. The highest BCUT2D eigenvalue weighted by molar-refractivity contribution is 5.67. The van der Waals surface area contributed by atoms with Gasteiger partial charge in [-0.1, -0.05) is 31.9 Å². The van der Waals surface area contributed by atoms with Crippen LogP contribution in [0, 0.1) is 12.8 Å². The molecule has 0 aliphatic heterocycles. The number of benzene rings is 1. The molecule has 1 saturated carbocycles. The summed E-state index contributed by atoms with van der Waals surface area (Å²) < 4.78 is 2.01. The Morgan fingerprint density at radius 1 is 1.19 bits per heavy atom. The van der Waals surface area contributed by atoms with Crippen molar-refractivity contribution in [3.05, 3.63) is 23.8 Å². The van der Waals surface area contributed by atoms with Crippen molar-refractivity contribution >= 4 is 5.69 Å². The molecule has 1 aromatic heterocycles. The molecule has 3 rings (SSSR count). The number of hydrogen-bond acceptors (Lipinski definition) is 4. The molecule has 0 radical (unpaired) electrons. The third-order valence-electron chi connectivity index (χ3n) is 4.68. The topological polar surface area (TPSA) is 69.6 Å². The number of nitrogen functional groups attached to an aromatic ring is 1. The van der Waals surface area contributed by atoms with Crippen LogP contribution >= 0.6 is 0 Å². The molecule has 5 nitrogen and oxygen atoms in total. The van der Waals surface area contributed by atoms with Crippen LogP contribution in [0.4, 0.5) is 5.69 Å². The predicted molar refractivity (Wildman–Crippen MR) is 83.7 cm³/mol. The average Bonchev–Trinajstić information content (AvgIpc) is 2.85. The molecular formula is C16H23N5. The van der Waals surface area contributed by atoms with Gasteiger partial charge in [-0.15, -0.1) is 5.10 Å². The first-order valence-corrected chi connectivity index (χ1v) is 7.80. The van der Waals surface area contributed by atoms with Gasteiger partial charge in [0.1, 0.15) is 0 Å². The molecule has 2 aromatic rings. The van der Waals surface area contributed by atoms with Gasteiger partial charge in [-0.25, -0.2) is 4.68 Å². The normalized spacial score (nSPS) is 23.0. The molecule has 0 amide bonds. The third kappa shape index (κ3) is 2.77. The van der Waals surface area contributed by atoms with Crippen LogP contribution in [0.15, 0.2) is 18.2 Å². The number of nitrogens with two attached hydrogens (primary N) is 1. The molecule has 1 aromatic carbocycles. The van der Waals surface area contributed by atoms with Crippen molar-refractivity contribution < 1.29 is 0 Å². The van der Waals surface area contributed by atoms with Crippen LogP contribution in [0.25, 0.3) is 11.4 Å². The Morgan fingerprint density at radius 3 is 2.90 bits per heavy atom. The van der Waals surface area contributed by atoms with Gasteiger partial charge in [0.15, 0.2) is 5.82 Å². The Morgan fingerprint density at radius 2 is 2.05 bits per heavy atom. The molecule has 112 valence electrons. The Kier molecular flexibility index (Phi) is 3.90. The second-order valence-corrected chi connectivity index (χ2v) is 6.23. The minimum atomic E-state index is 0.404. The minimum absolute atomic E-state index is 0.404. The largest absolute Gasteiger partial charge is 0.398 e. The monoisotopic (exact) mass is 285 g/mol. The zero-order valence-corrected chi connectivity index (χ0v) is 12.8. The van der Waals surface area contributed by atoms with Crippen molar-refractivity contribution in [2.75, 3.05) is 5.73 Å². The van der Waals surface area contributed by atoms with Crippen LogP contribution in [-0.4, -0.2) is 20.2 Å². The predicted octanol–water partition coefficient (Wildman–Crippen LogP) is 3.37. The molecule has 1 aliphatic rings. The Bertz CT molecular complexity index is 619. The molecule has 2 atom stereocenters. The number of hydrogen-bond donors (Lipinski definition) is 1. The second-order valence-electron chi connectivity index (χ2n) is 6.23. The van der Waals surface area contributed by atoms with Crippen molar-refractivity contribution in [1.82, 2.24) is 20.2 Å². The highest BCUT2D eigenvalue weighted by Crippen LogP contribution is 2.33. The van der Waals surface area contributed by atoms with E-state index in [4.69, 9.17) is 5.73 Å². The number of aromatic nitrogens is 4. The molecule has 0 spiro atoms. The van der Waals surface area contributed by atoms with Crippen molar-refractivity contribution in [2.45, 2.75) is 52.0 Å². The van der Waals surface area contributed by atoms with Gasteiger partial charge in [0, 0.05) is 11.3 Å². The molecule has 2 unspecified atom stereocenters. The SMILES string of the molecule is Cc1c(N)cccc1-c1nnnn1C1CCCC(C)CC1. The zero-order chi connectivity index (χ0) is 14.8. The van der Waals surface area contributed by atoms with Crippen molar-refractivity contribution in [2.24, 2.45) is 5.92 Å². The second kappa shape index (κ2) is 5.84. The van der Waals surface area contributed by atoms with E-state index < -0.39 is 0 Å². The van der Waals surface area contributed by atoms with E-state index in [2.05, 4.69) is 22.4 Å². The lowest BCUT2D eigenvalue weighted by molar-refractivity contribution is 0.394. The van der Waals surface area contributed by atoms with Gasteiger partial charge in [-0.05, 0) is 54.2 Å². The van der Waals surface area contributed by atoms with Gasteiger partial charge < -0.3 is 5.73 Å². The maximum atomic E-state index is 6.02. The number of rotatable bonds is 2. The van der Waals surface area contributed by atoms with Gasteiger partial charge >= 0.3 is 0 Å². The fraction of sp³-hybridized carbons (Fsp3) is 0.562. The number of nitrogens with zero attached hydrogens (tertiary/aromatic N) is 4. The third-order valence-corrected chi connectivity index (χ3v) is 4.68. The highest BCUT2D eigenvalue weighted by Gasteiger charge is 2.22. The first kappa shape index (κ1) is 14.0. The molecule has 1 fully saturated rings. The summed E-state index contributed by atoms with van der Waals surface area (Å²) in [5.41, 5.74) is 8.90. The molecule has 0 saturated heterocycles. The van der Waals surface area contributed by atoms with Gasteiger partial charge in [0.2, 0.25) is 0 Å². The van der Waals surface area contributed by atoms with Crippen LogP contribution in [0.3, 0.4) is 0 Å². The van der Waals surface area contributed by atoms with Crippen LogP contribution in [0.1, 0.15) is 50.6 Å². The molecule has 0 bridgehead atoms. The van der Waals surface area contributed by atoms with E-state index in [-0.39, 0.29) is 0 Å². The van der Waals surface area contributed by atoms with Crippen LogP contribution in [0.5, 0.6) is 0 Å². The maximum absolute atomic E-state index is 6.02. The van der Waals surface area contributed by atoms with E-state index in [1.165, 1.54) is 19.3 Å². The first-order chi connectivity index (χ1) is 10.2. The summed E-state index contributed by atoms with van der Waals surface area (Å²) in [6.07, 6.45) is 6.12. The smallest absolute Gasteiger partial charge is 0.182 e. The van der Waals surface area contributed by atoms with E-state index >= 15 is 0 Å². The standard InChI is InChI=1S/C16H23N5/c1-11-5-3-6-13(10-9-11)21-16(18-19-20-21)14-7-4-8-15(17)12(14)2/h4,7-8,11,13H,3,5-6,9-10,17H2,1-2H3. The van der Waals surface area contributed by atoms with Gasteiger partial charge in [-0.3, -0.25) is 0 Å². The summed E-state index contributed by atoms with van der Waals surface area (Å²) in [5, 5.41) is 12.4. The number of anilines is 1. The molecule has 21 heavy (non-hydrogen) atoms. The van der Waals surface area contributed by atoms with Crippen molar-refractivity contribution in [1.29, 1.82) is 0 Å². The summed E-state index contributed by atoms with van der Waals surface area (Å²) in [4.78, 5) is 0. The summed E-state index contributed by atoms with van der Waals surface area (Å²) in [6, 6.07) is 6.33.